The quantitative estimate of drug-likeness (QED) is 0.594. The molecule has 0 heterocycles. The van der Waals surface area contributed by atoms with Gasteiger partial charge in [0.25, 0.3) is 0 Å². The summed E-state index contributed by atoms with van der Waals surface area (Å²) in [5, 5.41) is 0.263. The Morgan fingerprint density at radius 1 is 1.00 bits per heavy atom. The topological polar surface area (TPSA) is 0 Å². The summed E-state index contributed by atoms with van der Waals surface area (Å²) >= 11 is 0. The maximum atomic E-state index is 2.48. The van der Waals surface area contributed by atoms with Crippen LogP contribution in [0.3, 0.4) is 0 Å². The Hall–Kier alpha value is -0.610. The maximum absolute atomic E-state index is 2.48. The number of rotatable bonds is 2. The number of hydrogen-bond acceptors (Lipinski definition) is 0. The molecule has 0 bridgehead atoms. The third-order valence-electron chi connectivity index (χ3n) is 5.26. The molecule has 0 radical (unpaired) electrons. The zero-order valence-electron chi connectivity index (χ0n) is 13.7. The second kappa shape index (κ2) is 4.74. The third-order valence-corrected chi connectivity index (χ3v) is 8.78. The van der Waals surface area contributed by atoms with E-state index in [-0.39, 0.29) is 13.1 Å². The highest BCUT2D eigenvalue weighted by Gasteiger charge is 2.44. The van der Waals surface area contributed by atoms with Crippen molar-refractivity contribution in [3.05, 3.63) is 40.0 Å². The smallest absolute Gasteiger partial charge is 0.0344 e. The summed E-state index contributed by atoms with van der Waals surface area (Å²) in [6.07, 6.45) is 0. The standard InChI is InChI=1S/C18H27P/c1-11(2)19(8)18(7)15(6)14(5)16-12(3)9-10-13(4)17(16)18/h9-11H,1-8H3. The van der Waals surface area contributed by atoms with Gasteiger partial charge in [0.1, 0.15) is 0 Å². The zero-order chi connectivity index (χ0) is 14.5. The Balaban J connectivity index is 2.79. The van der Waals surface area contributed by atoms with E-state index >= 15 is 0 Å². The number of hydrogen-bond donors (Lipinski definition) is 0. The fourth-order valence-corrected chi connectivity index (χ4v) is 5.99. The largest absolute Gasteiger partial charge is 0.0922 e. The Morgan fingerprint density at radius 3 is 2.05 bits per heavy atom. The van der Waals surface area contributed by atoms with Crippen molar-refractivity contribution in [2.24, 2.45) is 0 Å². The first kappa shape index (κ1) is 14.8. The van der Waals surface area contributed by atoms with Crippen LogP contribution in [0, 0.1) is 13.8 Å². The molecule has 0 aliphatic heterocycles. The van der Waals surface area contributed by atoms with E-state index < -0.39 is 0 Å². The number of allylic oxidation sites excluding steroid dienone is 2. The lowest BCUT2D eigenvalue weighted by molar-refractivity contribution is 0.794. The fourth-order valence-electron chi connectivity index (χ4n) is 3.62. The van der Waals surface area contributed by atoms with E-state index in [1.54, 1.807) is 11.1 Å². The average Bonchev–Trinajstić information content (AvgIpc) is 2.56. The summed E-state index contributed by atoms with van der Waals surface area (Å²) in [5.74, 6) is 0. The lowest BCUT2D eigenvalue weighted by atomic mass is 9.91. The third kappa shape index (κ3) is 1.91. The van der Waals surface area contributed by atoms with Gasteiger partial charge in [-0.1, -0.05) is 39.5 Å². The molecule has 0 N–H and O–H groups in total. The minimum atomic E-state index is -0.0618. The first-order valence-electron chi connectivity index (χ1n) is 7.24. The summed E-state index contributed by atoms with van der Waals surface area (Å²) in [6, 6.07) is 4.59. The maximum Gasteiger partial charge on any atom is 0.0344 e. The van der Waals surface area contributed by atoms with E-state index in [9.17, 15) is 0 Å². The van der Waals surface area contributed by atoms with Gasteiger partial charge in [-0.15, -0.1) is 0 Å². The van der Waals surface area contributed by atoms with Crippen molar-refractivity contribution in [2.75, 3.05) is 6.66 Å². The van der Waals surface area contributed by atoms with E-state index in [0.717, 1.165) is 5.66 Å². The highest BCUT2D eigenvalue weighted by molar-refractivity contribution is 7.59. The molecule has 0 aromatic heterocycles. The van der Waals surface area contributed by atoms with Crippen molar-refractivity contribution in [1.82, 2.24) is 0 Å². The molecule has 19 heavy (non-hydrogen) atoms. The lowest BCUT2D eigenvalue weighted by Gasteiger charge is -2.39. The summed E-state index contributed by atoms with van der Waals surface area (Å²) in [6.45, 7) is 18.9. The van der Waals surface area contributed by atoms with Gasteiger partial charge in [0.2, 0.25) is 0 Å². The second-order valence-corrected chi connectivity index (χ2v) is 9.63. The van der Waals surface area contributed by atoms with E-state index in [1.165, 1.54) is 22.3 Å². The van der Waals surface area contributed by atoms with Gasteiger partial charge < -0.3 is 0 Å². The molecule has 1 aliphatic carbocycles. The Labute approximate surface area is 120 Å². The molecule has 2 unspecified atom stereocenters. The summed E-state index contributed by atoms with van der Waals surface area (Å²) in [7, 11) is -0.0618. The van der Waals surface area contributed by atoms with Gasteiger partial charge in [0.05, 0.1) is 0 Å². The van der Waals surface area contributed by atoms with Crippen molar-refractivity contribution in [1.29, 1.82) is 0 Å². The van der Waals surface area contributed by atoms with Gasteiger partial charge in [-0.3, -0.25) is 0 Å². The average molecular weight is 274 g/mol. The van der Waals surface area contributed by atoms with Crippen molar-refractivity contribution in [3.63, 3.8) is 0 Å². The summed E-state index contributed by atoms with van der Waals surface area (Å²) in [5.41, 5.74) is 9.94. The molecule has 2 atom stereocenters. The van der Waals surface area contributed by atoms with Crippen LogP contribution in [0.5, 0.6) is 0 Å². The van der Waals surface area contributed by atoms with Gasteiger partial charge in [-0.25, -0.2) is 0 Å². The van der Waals surface area contributed by atoms with Crippen LogP contribution in [0.25, 0.3) is 5.57 Å². The van der Waals surface area contributed by atoms with Crippen LogP contribution in [-0.2, 0) is 5.16 Å². The first-order chi connectivity index (χ1) is 8.72. The van der Waals surface area contributed by atoms with Crippen molar-refractivity contribution in [3.8, 4) is 0 Å². The van der Waals surface area contributed by atoms with Crippen LogP contribution in [0.4, 0.5) is 0 Å². The highest BCUT2D eigenvalue weighted by atomic mass is 31.1. The molecule has 0 saturated carbocycles. The van der Waals surface area contributed by atoms with Crippen molar-refractivity contribution < 1.29 is 0 Å². The lowest BCUT2D eigenvalue weighted by Crippen LogP contribution is -2.23. The molecule has 1 heteroatoms. The molecule has 2 rings (SSSR count). The molecule has 0 amide bonds. The van der Waals surface area contributed by atoms with Crippen LogP contribution in [0.15, 0.2) is 17.7 Å². The fraction of sp³-hybridized carbons (Fsp3) is 0.556. The predicted molar refractivity (Wildman–Crippen MR) is 89.5 cm³/mol. The predicted octanol–water partition coefficient (Wildman–Crippen LogP) is 5.85. The van der Waals surface area contributed by atoms with Crippen LogP contribution >= 0.6 is 7.92 Å². The molecule has 1 aromatic rings. The minimum absolute atomic E-state index is 0.0618. The summed E-state index contributed by atoms with van der Waals surface area (Å²) < 4.78 is 0. The summed E-state index contributed by atoms with van der Waals surface area (Å²) in [4.78, 5) is 0. The Kier molecular flexibility index (Phi) is 3.69. The van der Waals surface area contributed by atoms with Crippen molar-refractivity contribution in [2.45, 2.75) is 59.3 Å². The molecule has 1 aliphatic rings. The van der Waals surface area contributed by atoms with E-state index in [1.807, 2.05) is 0 Å². The second-order valence-electron chi connectivity index (χ2n) is 6.48. The molecular weight excluding hydrogens is 247 g/mol. The van der Waals surface area contributed by atoms with Crippen molar-refractivity contribution >= 4 is 13.5 Å². The molecule has 0 nitrogen and oxygen atoms in total. The number of fused-ring (bicyclic) bond motifs is 1. The van der Waals surface area contributed by atoms with Gasteiger partial charge >= 0.3 is 0 Å². The molecule has 0 spiro atoms. The number of benzene rings is 1. The molecule has 0 saturated heterocycles. The monoisotopic (exact) mass is 274 g/mol. The van der Waals surface area contributed by atoms with Crippen LogP contribution < -0.4 is 0 Å². The van der Waals surface area contributed by atoms with E-state index in [2.05, 4.69) is 67.3 Å². The van der Waals surface area contributed by atoms with Crippen LogP contribution in [0.2, 0.25) is 0 Å². The number of aryl methyl sites for hydroxylation is 2. The Morgan fingerprint density at radius 2 is 1.53 bits per heavy atom. The highest BCUT2D eigenvalue weighted by Crippen LogP contribution is 2.66. The first-order valence-corrected chi connectivity index (χ1v) is 9.10. The molecular formula is C18H27P. The minimum Gasteiger partial charge on any atom is -0.0922 e. The normalized spacial score (nSPS) is 24.1. The van der Waals surface area contributed by atoms with Gasteiger partial charge in [-0.05, 0) is 74.8 Å². The molecule has 1 aromatic carbocycles. The van der Waals surface area contributed by atoms with E-state index in [0.29, 0.717) is 0 Å². The van der Waals surface area contributed by atoms with Gasteiger partial charge in [0.15, 0.2) is 0 Å². The van der Waals surface area contributed by atoms with E-state index in [4.69, 9.17) is 0 Å². The molecule has 0 fully saturated rings. The van der Waals surface area contributed by atoms with Gasteiger partial charge in [-0.2, -0.15) is 0 Å². The SMILES string of the molecule is CC1=C(C)C(C)(P(C)C(C)C)c2c(C)ccc(C)c21. The van der Waals surface area contributed by atoms with Crippen LogP contribution in [0.1, 0.15) is 56.9 Å². The zero-order valence-corrected chi connectivity index (χ0v) is 14.6. The van der Waals surface area contributed by atoms with Gasteiger partial charge in [0, 0.05) is 5.16 Å². The molecule has 104 valence electrons. The Bertz CT molecular complexity index is 551. The van der Waals surface area contributed by atoms with Crippen LogP contribution in [-0.4, -0.2) is 12.3 Å².